The maximum atomic E-state index is 13.0. The van der Waals surface area contributed by atoms with E-state index in [4.69, 9.17) is 0 Å². The topological polar surface area (TPSA) is 92.5 Å². The Morgan fingerprint density at radius 2 is 1.67 bits per heavy atom. The fraction of sp³-hybridized carbons (Fsp3) is 0.211. The Hall–Kier alpha value is -3.55. The lowest BCUT2D eigenvalue weighted by molar-refractivity contribution is -0.385. The van der Waals surface area contributed by atoms with Crippen molar-refractivity contribution in [2.45, 2.75) is 6.42 Å². The van der Waals surface area contributed by atoms with Crippen LogP contribution in [-0.2, 0) is 11.2 Å². The van der Waals surface area contributed by atoms with Gasteiger partial charge in [0.15, 0.2) is 11.6 Å². The van der Waals surface area contributed by atoms with Crippen molar-refractivity contribution < 1.29 is 9.72 Å². The van der Waals surface area contributed by atoms with Crippen LogP contribution in [0.4, 0.5) is 17.3 Å². The smallest absolute Gasteiger partial charge is 0.273 e. The van der Waals surface area contributed by atoms with Crippen LogP contribution in [0.3, 0.4) is 0 Å². The zero-order valence-corrected chi connectivity index (χ0v) is 14.7. The first-order chi connectivity index (χ1) is 13.0. The van der Waals surface area contributed by atoms with Crippen LogP contribution in [0.25, 0.3) is 11.0 Å². The SMILES string of the molecule is CN1CCN(C(=O)Cc2ccccc2[N+](=O)[O-])c2nc3ccccc3nc21. The summed E-state index contributed by atoms with van der Waals surface area (Å²) in [6.07, 6.45) is -0.0607. The lowest BCUT2D eigenvalue weighted by atomic mass is 10.1. The first-order valence-electron chi connectivity index (χ1n) is 8.55. The number of likely N-dealkylation sites (N-methyl/N-ethyl adjacent to an activating group) is 1. The number of nitro benzene ring substituents is 1. The molecule has 0 radical (unpaired) electrons. The van der Waals surface area contributed by atoms with E-state index in [9.17, 15) is 14.9 Å². The highest BCUT2D eigenvalue weighted by Gasteiger charge is 2.29. The van der Waals surface area contributed by atoms with Crippen LogP contribution in [0, 0.1) is 10.1 Å². The molecule has 0 unspecified atom stereocenters. The highest BCUT2D eigenvalue weighted by atomic mass is 16.6. The molecule has 1 aromatic heterocycles. The molecule has 3 aromatic rings. The van der Waals surface area contributed by atoms with Gasteiger partial charge in [-0.2, -0.15) is 0 Å². The summed E-state index contributed by atoms with van der Waals surface area (Å²) in [6, 6.07) is 13.8. The average Bonchev–Trinajstić information content (AvgIpc) is 2.67. The maximum absolute atomic E-state index is 13.0. The van der Waals surface area contributed by atoms with Gasteiger partial charge in [-0.15, -0.1) is 0 Å². The van der Waals surface area contributed by atoms with Crippen LogP contribution in [0.2, 0.25) is 0 Å². The van der Waals surface area contributed by atoms with Gasteiger partial charge in [0.2, 0.25) is 5.91 Å². The molecule has 1 aliphatic heterocycles. The molecule has 0 fully saturated rings. The van der Waals surface area contributed by atoms with Gasteiger partial charge < -0.3 is 4.90 Å². The number of carbonyl (C=O) groups is 1. The number of fused-ring (bicyclic) bond motifs is 2. The molecule has 0 saturated heterocycles. The summed E-state index contributed by atoms with van der Waals surface area (Å²) in [7, 11) is 1.91. The number of hydrogen-bond acceptors (Lipinski definition) is 6. The number of amides is 1. The number of carbonyl (C=O) groups excluding carboxylic acids is 1. The molecule has 4 rings (SSSR count). The van der Waals surface area contributed by atoms with E-state index in [0.717, 1.165) is 5.52 Å². The second kappa shape index (κ2) is 6.64. The molecule has 1 amide bonds. The number of aromatic nitrogens is 2. The standard InChI is InChI=1S/C19H17N5O3/c1-22-10-11-23(17(25)12-13-6-2-5-9-16(13)24(26)27)19-18(22)20-14-7-3-4-8-15(14)21-19/h2-9H,10-12H2,1H3. The van der Waals surface area contributed by atoms with Crippen molar-refractivity contribution in [1.82, 2.24) is 9.97 Å². The van der Waals surface area contributed by atoms with Gasteiger partial charge in [-0.25, -0.2) is 9.97 Å². The summed E-state index contributed by atoms with van der Waals surface area (Å²) in [6.45, 7) is 1.07. The van der Waals surface area contributed by atoms with Gasteiger partial charge in [-0.3, -0.25) is 19.8 Å². The normalized spacial score (nSPS) is 13.5. The third kappa shape index (κ3) is 3.05. The minimum atomic E-state index is -0.464. The van der Waals surface area contributed by atoms with E-state index >= 15 is 0 Å². The first-order valence-corrected chi connectivity index (χ1v) is 8.55. The third-order valence-corrected chi connectivity index (χ3v) is 4.64. The minimum Gasteiger partial charge on any atom is -0.355 e. The Morgan fingerprint density at radius 3 is 2.37 bits per heavy atom. The van der Waals surface area contributed by atoms with Gasteiger partial charge in [0.1, 0.15) is 0 Å². The molecule has 0 spiro atoms. The summed E-state index contributed by atoms with van der Waals surface area (Å²) >= 11 is 0. The van der Waals surface area contributed by atoms with Crippen LogP contribution >= 0.6 is 0 Å². The van der Waals surface area contributed by atoms with E-state index in [0.29, 0.717) is 35.8 Å². The van der Waals surface area contributed by atoms with Gasteiger partial charge in [-0.1, -0.05) is 30.3 Å². The first kappa shape index (κ1) is 16.9. The third-order valence-electron chi connectivity index (χ3n) is 4.64. The van der Waals surface area contributed by atoms with E-state index in [1.807, 2.05) is 36.2 Å². The van der Waals surface area contributed by atoms with Crippen LogP contribution in [0.15, 0.2) is 48.5 Å². The molecule has 8 nitrogen and oxygen atoms in total. The second-order valence-electron chi connectivity index (χ2n) is 6.39. The van der Waals surface area contributed by atoms with E-state index in [1.54, 1.807) is 23.1 Å². The Balaban J connectivity index is 1.71. The van der Waals surface area contributed by atoms with E-state index < -0.39 is 4.92 Å². The summed E-state index contributed by atoms with van der Waals surface area (Å²) in [5.74, 6) is 0.894. The average molecular weight is 363 g/mol. The van der Waals surface area contributed by atoms with Crippen LogP contribution < -0.4 is 9.80 Å². The van der Waals surface area contributed by atoms with Crippen LogP contribution in [-0.4, -0.2) is 40.9 Å². The maximum Gasteiger partial charge on any atom is 0.273 e. The number of nitro groups is 1. The van der Waals surface area contributed by atoms with Crippen molar-refractivity contribution in [2.24, 2.45) is 0 Å². The Kier molecular flexibility index (Phi) is 4.15. The lowest BCUT2D eigenvalue weighted by Gasteiger charge is -2.33. The van der Waals surface area contributed by atoms with E-state index in [1.165, 1.54) is 6.07 Å². The molecule has 0 saturated carbocycles. The Labute approximate surface area is 155 Å². The van der Waals surface area contributed by atoms with Crippen LogP contribution in [0.5, 0.6) is 0 Å². The van der Waals surface area contributed by atoms with Crippen molar-refractivity contribution in [3.05, 3.63) is 64.2 Å². The fourth-order valence-corrected chi connectivity index (χ4v) is 3.22. The predicted octanol–water partition coefficient (Wildman–Crippen LogP) is 2.56. The van der Waals surface area contributed by atoms with Crippen LogP contribution in [0.1, 0.15) is 5.56 Å². The molecule has 0 bridgehead atoms. The van der Waals surface area contributed by atoms with Gasteiger partial charge in [0.25, 0.3) is 5.69 Å². The fourth-order valence-electron chi connectivity index (χ4n) is 3.22. The quantitative estimate of drug-likeness (QED) is 0.524. The number of hydrogen-bond donors (Lipinski definition) is 0. The van der Waals surface area contributed by atoms with Crippen molar-refractivity contribution >= 4 is 34.3 Å². The zero-order chi connectivity index (χ0) is 19.0. The van der Waals surface area contributed by atoms with E-state index in [2.05, 4.69) is 9.97 Å². The lowest BCUT2D eigenvalue weighted by Crippen LogP contribution is -2.44. The predicted molar refractivity (Wildman–Crippen MR) is 102 cm³/mol. The van der Waals surface area contributed by atoms with Crippen molar-refractivity contribution in [2.75, 3.05) is 29.9 Å². The monoisotopic (exact) mass is 363 g/mol. The highest BCUT2D eigenvalue weighted by Crippen LogP contribution is 2.31. The van der Waals surface area contributed by atoms with E-state index in [-0.39, 0.29) is 18.0 Å². The Bertz CT molecular complexity index is 1050. The summed E-state index contributed by atoms with van der Waals surface area (Å²) in [4.78, 5) is 36.5. The summed E-state index contributed by atoms with van der Waals surface area (Å²) < 4.78 is 0. The number of anilines is 2. The van der Waals surface area contributed by atoms with Gasteiger partial charge in [-0.05, 0) is 12.1 Å². The molecule has 27 heavy (non-hydrogen) atoms. The van der Waals surface area contributed by atoms with Crippen molar-refractivity contribution in [3.8, 4) is 0 Å². The number of rotatable bonds is 3. The van der Waals surface area contributed by atoms with Gasteiger partial charge in [0.05, 0.1) is 22.4 Å². The minimum absolute atomic E-state index is 0.0511. The van der Waals surface area contributed by atoms with Gasteiger partial charge in [0, 0.05) is 31.8 Å². The molecule has 8 heteroatoms. The molecular formula is C19H17N5O3. The molecular weight excluding hydrogens is 346 g/mol. The molecule has 2 heterocycles. The Morgan fingerprint density at radius 1 is 1.04 bits per heavy atom. The number of benzene rings is 2. The number of nitrogens with zero attached hydrogens (tertiary/aromatic N) is 5. The largest absolute Gasteiger partial charge is 0.355 e. The van der Waals surface area contributed by atoms with Crippen molar-refractivity contribution in [3.63, 3.8) is 0 Å². The zero-order valence-electron chi connectivity index (χ0n) is 14.7. The molecule has 0 N–H and O–H groups in total. The molecule has 136 valence electrons. The van der Waals surface area contributed by atoms with Gasteiger partial charge >= 0.3 is 0 Å². The second-order valence-corrected chi connectivity index (χ2v) is 6.39. The summed E-state index contributed by atoms with van der Waals surface area (Å²) in [5.41, 5.74) is 1.80. The summed E-state index contributed by atoms with van der Waals surface area (Å²) in [5, 5.41) is 11.2. The molecule has 0 atom stereocenters. The molecule has 0 aliphatic carbocycles. The molecule has 2 aromatic carbocycles. The molecule has 1 aliphatic rings. The number of para-hydroxylation sites is 3. The highest BCUT2D eigenvalue weighted by molar-refractivity contribution is 5.98. The van der Waals surface area contributed by atoms with Crippen molar-refractivity contribution in [1.29, 1.82) is 0 Å².